The average Bonchev–Trinajstić information content (AvgIpc) is 3.51. The van der Waals surface area contributed by atoms with E-state index in [1.165, 1.54) is 29.2 Å². The molecule has 190 valence electrons. The topological polar surface area (TPSA) is 171 Å². The fourth-order valence-corrected chi connectivity index (χ4v) is 4.32. The maximum absolute atomic E-state index is 13.1. The molecule has 12 heteroatoms. The third-order valence-corrected chi connectivity index (χ3v) is 6.86. The molecule has 1 aromatic heterocycles. The Hall–Kier alpha value is -2.60. The SMILES string of the molecule is CCC(C)C(N)C(=O)N1CCCC1C(=O)NC(CCSC)C(=O)NC(Cc1cnc[nH]1)C(=O)O. The Morgan fingerprint density at radius 1 is 1.32 bits per heavy atom. The first-order chi connectivity index (χ1) is 16.2. The number of carbonyl (C=O) groups is 4. The fraction of sp³-hybridized carbons (Fsp3) is 0.682. The number of carboxylic acids is 1. The molecule has 0 aliphatic carbocycles. The van der Waals surface area contributed by atoms with Gasteiger partial charge in [-0.1, -0.05) is 20.3 Å². The molecule has 1 aliphatic rings. The van der Waals surface area contributed by atoms with Gasteiger partial charge in [0.15, 0.2) is 0 Å². The minimum atomic E-state index is -1.19. The van der Waals surface area contributed by atoms with Crippen LogP contribution in [0.3, 0.4) is 0 Å². The molecular formula is C22H36N6O5S. The zero-order valence-corrected chi connectivity index (χ0v) is 20.8. The summed E-state index contributed by atoms with van der Waals surface area (Å²) in [5, 5.41) is 14.8. The molecule has 0 aromatic carbocycles. The van der Waals surface area contributed by atoms with Crippen molar-refractivity contribution in [1.82, 2.24) is 25.5 Å². The average molecular weight is 497 g/mol. The number of likely N-dealkylation sites (tertiary alicyclic amines) is 1. The quantitative estimate of drug-likeness (QED) is 0.256. The molecule has 6 N–H and O–H groups in total. The van der Waals surface area contributed by atoms with E-state index in [4.69, 9.17) is 5.73 Å². The van der Waals surface area contributed by atoms with Gasteiger partial charge < -0.3 is 31.4 Å². The molecule has 11 nitrogen and oxygen atoms in total. The van der Waals surface area contributed by atoms with Gasteiger partial charge in [0.25, 0.3) is 0 Å². The number of thioether (sulfide) groups is 1. The van der Waals surface area contributed by atoms with E-state index >= 15 is 0 Å². The van der Waals surface area contributed by atoms with E-state index in [1.54, 1.807) is 0 Å². The number of imidazole rings is 1. The van der Waals surface area contributed by atoms with Crippen LogP contribution < -0.4 is 16.4 Å². The van der Waals surface area contributed by atoms with Crippen molar-refractivity contribution in [1.29, 1.82) is 0 Å². The van der Waals surface area contributed by atoms with Gasteiger partial charge in [-0.05, 0) is 37.2 Å². The van der Waals surface area contributed by atoms with Gasteiger partial charge >= 0.3 is 5.97 Å². The minimum absolute atomic E-state index is 0.0141. The number of nitrogens with zero attached hydrogens (tertiary/aromatic N) is 2. The number of H-pyrrole nitrogens is 1. The molecule has 2 heterocycles. The van der Waals surface area contributed by atoms with Crippen LogP contribution >= 0.6 is 11.8 Å². The molecule has 0 spiro atoms. The van der Waals surface area contributed by atoms with Gasteiger partial charge in [0, 0.05) is 24.9 Å². The number of amides is 3. The summed E-state index contributed by atoms with van der Waals surface area (Å²) >= 11 is 1.51. The van der Waals surface area contributed by atoms with Crippen molar-refractivity contribution >= 4 is 35.5 Å². The van der Waals surface area contributed by atoms with Crippen molar-refractivity contribution < 1.29 is 24.3 Å². The molecule has 34 heavy (non-hydrogen) atoms. The Morgan fingerprint density at radius 3 is 2.65 bits per heavy atom. The number of hydrogen-bond donors (Lipinski definition) is 5. The molecule has 0 saturated carbocycles. The van der Waals surface area contributed by atoms with Crippen LogP contribution in [0.25, 0.3) is 0 Å². The van der Waals surface area contributed by atoms with Gasteiger partial charge in [-0.25, -0.2) is 9.78 Å². The first kappa shape index (κ1) is 27.6. The first-order valence-electron chi connectivity index (χ1n) is 11.5. The summed E-state index contributed by atoms with van der Waals surface area (Å²) in [4.78, 5) is 58.9. The zero-order valence-electron chi connectivity index (χ0n) is 20.0. The molecule has 0 bridgehead atoms. The van der Waals surface area contributed by atoms with Crippen molar-refractivity contribution in [3.8, 4) is 0 Å². The smallest absolute Gasteiger partial charge is 0.326 e. The Morgan fingerprint density at radius 2 is 2.06 bits per heavy atom. The van der Waals surface area contributed by atoms with Crippen molar-refractivity contribution in [2.75, 3.05) is 18.6 Å². The predicted octanol–water partition coefficient (Wildman–Crippen LogP) is 0.124. The van der Waals surface area contributed by atoms with Crippen LogP contribution in [0.2, 0.25) is 0 Å². The predicted molar refractivity (Wildman–Crippen MR) is 129 cm³/mol. The van der Waals surface area contributed by atoms with E-state index in [1.807, 2.05) is 20.1 Å². The lowest BCUT2D eigenvalue weighted by molar-refractivity contribution is -0.143. The molecule has 3 amide bonds. The van der Waals surface area contributed by atoms with Crippen molar-refractivity contribution in [2.24, 2.45) is 11.7 Å². The van der Waals surface area contributed by atoms with E-state index in [0.29, 0.717) is 37.3 Å². The largest absolute Gasteiger partial charge is 0.480 e. The molecule has 5 atom stereocenters. The second-order valence-electron chi connectivity index (χ2n) is 8.62. The molecule has 2 rings (SSSR count). The first-order valence-corrected chi connectivity index (χ1v) is 12.9. The van der Waals surface area contributed by atoms with E-state index in [2.05, 4.69) is 20.6 Å². The summed E-state index contributed by atoms with van der Waals surface area (Å²) in [6, 6.07) is -3.50. The van der Waals surface area contributed by atoms with Crippen LogP contribution in [0.15, 0.2) is 12.5 Å². The second kappa shape index (κ2) is 13.3. The van der Waals surface area contributed by atoms with Crippen LogP contribution in [0.1, 0.15) is 45.2 Å². The number of carboxylic acid groups (broad SMARTS) is 1. The lowest BCUT2D eigenvalue weighted by Crippen LogP contribution is -2.57. The summed E-state index contributed by atoms with van der Waals surface area (Å²) < 4.78 is 0. The normalized spacial score (nSPS) is 19.2. The number of nitrogens with two attached hydrogens (primary N) is 1. The van der Waals surface area contributed by atoms with Crippen LogP contribution in [0, 0.1) is 5.92 Å². The highest BCUT2D eigenvalue weighted by Gasteiger charge is 2.38. The van der Waals surface area contributed by atoms with E-state index in [-0.39, 0.29) is 18.2 Å². The third-order valence-electron chi connectivity index (χ3n) is 6.22. The van der Waals surface area contributed by atoms with Crippen LogP contribution in [-0.4, -0.2) is 86.4 Å². The molecule has 1 saturated heterocycles. The maximum atomic E-state index is 13.1. The monoisotopic (exact) mass is 496 g/mol. The van der Waals surface area contributed by atoms with Crippen molar-refractivity contribution in [3.05, 3.63) is 18.2 Å². The summed E-state index contributed by atoms with van der Waals surface area (Å²) in [5.74, 6) is -1.89. The summed E-state index contributed by atoms with van der Waals surface area (Å²) in [7, 11) is 0. The fourth-order valence-electron chi connectivity index (χ4n) is 3.85. The Bertz CT molecular complexity index is 836. The lowest BCUT2D eigenvalue weighted by atomic mass is 9.98. The maximum Gasteiger partial charge on any atom is 0.326 e. The third kappa shape index (κ3) is 7.45. The number of carbonyl (C=O) groups excluding carboxylic acids is 3. The highest BCUT2D eigenvalue weighted by atomic mass is 32.2. The number of aromatic nitrogens is 2. The summed E-state index contributed by atoms with van der Waals surface area (Å²) in [6.07, 6.45) is 7.05. The number of hydrogen-bond acceptors (Lipinski definition) is 7. The van der Waals surface area contributed by atoms with Crippen LogP contribution in [0.4, 0.5) is 0 Å². The van der Waals surface area contributed by atoms with Crippen LogP contribution in [-0.2, 0) is 25.6 Å². The van der Waals surface area contributed by atoms with Crippen molar-refractivity contribution in [2.45, 2.75) is 70.1 Å². The number of rotatable bonds is 13. The zero-order chi connectivity index (χ0) is 25.3. The summed E-state index contributed by atoms with van der Waals surface area (Å²) in [6.45, 7) is 4.30. The molecule has 1 fully saturated rings. The Labute approximate surface area is 204 Å². The van der Waals surface area contributed by atoms with E-state index < -0.39 is 42.0 Å². The van der Waals surface area contributed by atoms with Crippen molar-refractivity contribution in [3.63, 3.8) is 0 Å². The number of nitrogens with one attached hydrogen (secondary N) is 3. The van der Waals surface area contributed by atoms with Crippen LogP contribution in [0.5, 0.6) is 0 Å². The number of aromatic amines is 1. The molecule has 1 aromatic rings. The summed E-state index contributed by atoms with van der Waals surface area (Å²) in [5.41, 5.74) is 6.68. The number of aliphatic carboxylic acids is 1. The highest BCUT2D eigenvalue weighted by molar-refractivity contribution is 7.98. The minimum Gasteiger partial charge on any atom is -0.480 e. The van der Waals surface area contributed by atoms with E-state index in [0.717, 1.165) is 6.42 Å². The Kier molecular flexibility index (Phi) is 10.8. The highest BCUT2D eigenvalue weighted by Crippen LogP contribution is 2.21. The standard InChI is InChI=1S/C22H36N6O5S/c1-4-13(2)18(23)21(31)28-8-5-6-17(28)20(30)26-15(7-9-34-3)19(29)27-16(22(32)33)10-14-11-24-12-25-14/h11-13,15-18H,4-10,23H2,1-3H3,(H,24,25)(H,26,30)(H,27,29)(H,32,33). The van der Waals surface area contributed by atoms with E-state index in [9.17, 15) is 24.3 Å². The lowest BCUT2D eigenvalue weighted by Gasteiger charge is -2.30. The van der Waals surface area contributed by atoms with Gasteiger partial charge in [-0.3, -0.25) is 14.4 Å². The second-order valence-corrected chi connectivity index (χ2v) is 9.61. The molecular weight excluding hydrogens is 460 g/mol. The molecule has 0 radical (unpaired) electrons. The van der Waals surface area contributed by atoms with Gasteiger partial charge in [0.1, 0.15) is 18.1 Å². The Balaban J connectivity index is 2.08. The van der Waals surface area contributed by atoms with Gasteiger partial charge in [0.05, 0.1) is 12.4 Å². The van der Waals surface area contributed by atoms with Gasteiger partial charge in [-0.2, -0.15) is 11.8 Å². The molecule has 1 aliphatic heterocycles. The van der Waals surface area contributed by atoms with Gasteiger partial charge in [0.2, 0.25) is 17.7 Å². The van der Waals surface area contributed by atoms with Gasteiger partial charge in [-0.15, -0.1) is 0 Å². The molecule has 5 unspecified atom stereocenters.